The lowest BCUT2D eigenvalue weighted by atomic mass is 10.3. The van der Waals surface area contributed by atoms with Crippen LogP contribution in [-0.4, -0.2) is 52.4 Å². The molecule has 3 heterocycles. The Morgan fingerprint density at radius 3 is 2.79 bits per heavy atom. The van der Waals surface area contributed by atoms with E-state index in [0.717, 1.165) is 22.4 Å². The van der Waals surface area contributed by atoms with Gasteiger partial charge < -0.3 is 4.90 Å². The highest BCUT2D eigenvalue weighted by Crippen LogP contribution is 2.31. The molecular weight excluding hydrogens is 394 g/mol. The van der Waals surface area contributed by atoms with Gasteiger partial charge in [0, 0.05) is 24.3 Å². The van der Waals surface area contributed by atoms with Crippen LogP contribution in [-0.2, 0) is 0 Å². The van der Waals surface area contributed by atoms with Gasteiger partial charge in [-0.1, -0.05) is 29.0 Å². The predicted octanol–water partition coefficient (Wildman–Crippen LogP) is 4.11. The highest BCUT2D eigenvalue weighted by Gasteiger charge is 2.26. The number of carbonyl (C=O) groups excluding carboxylic acids is 1. The maximum Gasteiger partial charge on any atom is 0.279 e. The van der Waals surface area contributed by atoms with E-state index >= 15 is 0 Å². The number of benzene rings is 1. The van der Waals surface area contributed by atoms with Crippen molar-refractivity contribution >= 4 is 49.8 Å². The molecule has 0 spiro atoms. The lowest BCUT2D eigenvalue weighted by molar-refractivity contribution is 0.0979. The van der Waals surface area contributed by atoms with Gasteiger partial charge in [0.05, 0.1) is 15.9 Å². The van der Waals surface area contributed by atoms with E-state index in [0.29, 0.717) is 28.1 Å². The van der Waals surface area contributed by atoms with Crippen LogP contribution in [0.5, 0.6) is 0 Å². The Labute approximate surface area is 172 Å². The second kappa shape index (κ2) is 7.50. The molecule has 144 valence electrons. The summed E-state index contributed by atoms with van der Waals surface area (Å²) in [5, 5.41) is 1.32. The number of fused-ring (bicyclic) bond motifs is 2. The summed E-state index contributed by atoms with van der Waals surface area (Å²) < 4.78 is 2.80. The number of thiazole rings is 1. The Morgan fingerprint density at radius 2 is 2.00 bits per heavy atom. The third-order valence-electron chi connectivity index (χ3n) is 4.49. The quantitative estimate of drug-likeness (QED) is 0.494. The molecule has 0 saturated heterocycles. The largest absolute Gasteiger partial charge is 0.308 e. The molecule has 0 aliphatic heterocycles. The van der Waals surface area contributed by atoms with Crippen molar-refractivity contribution in [2.75, 3.05) is 32.1 Å². The number of aryl methyl sites for hydroxylation is 1. The van der Waals surface area contributed by atoms with Crippen LogP contribution in [0, 0.1) is 6.92 Å². The summed E-state index contributed by atoms with van der Waals surface area (Å²) in [6, 6.07) is 11.3. The van der Waals surface area contributed by atoms with Gasteiger partial charge in [0.25, 0.3) is 5.91 Å². The van der Waals surface area contributed by atoms with Crippen LogP contribution in [0.2, 0.25) is 5.02 Å². The molecule has 0 bridgehead atoms. The number of hydrogen-bond acceptors (Lipinski definition) is 5. The molecule has 0 aliphatic rings. The number of aromatic nitrogens is 3. The molecule has 28 heavy (non-hydrogen) atoms. The molecule has 0 N–H and O–H groups in total. The molecule has 0 atom stereocenters. The van der Waals surface area contributed by atoms with Gasteiger partial charge in [-0.05, 0) is 51.4 Å². The van der Waals surface area contributed by atoms with Gasteiger partial charge >= 0.3 is 0 Å². The molecule has 4 aromatic rings. The van der Waals surface area contributed by atoms with Crippen molar-refractivity contribution in [3.05, 3.63) is 59.0 Å². The van der Waals surface area contributed by atoms with E-state index < -0.39 is 0 Å². The van der Waals surface area contributed by atoms with Crippen molar-refractivity contribution in [2.45, 2.75) is 6.92 Å². The number of pyridine rings is 1. The minimum absolute atomic E-state index is 0.108. The minimum Gasteiger partial charge on any atom is -0.308 e. The first kappa shape index (κ1) is 18.9. The van der Waals surface area contributed by atoms with Crippen LogP contribution >= 0.6 is 22.9 Å². The molecule has 0 fully saturated rings. The Bertz CT molecular complexity index is 1170. The molecule has 4 rings (SSSR count). The van der Waals surface area contributed by atoms with Crippen LogP contribution in [0.4, 0.5) is 5.13 Å². The molecule has 0 saturated carbocycles. The number of nitrogens with zero attached hydrogens (tertiary/aromatic N) is 5. The highest BCUT2D eigenvalue weighted by atomic mass is 35.5. The lowest BCUT2D eigenvalue weighted by Crippen LogP contribution is -2.37. The number of anilines is 1. The molecule has 0 radical (unpaired) electrons. The van der Waals surface area contributed by atoms with Crippen LogP contribution < -0.4 is 4.90 Å². The number of amides is 1. The minimum atomic E-state index is -0.108. The van der Waals surface area contributed by atoms with Gasteiger partial charge in [0.1, 0.15) is 11.3 Å². The molecule has 0 aliphatic carbocycles. The number of likely N-dealkylation sites (N-methyl/N-ethyl adjacent to an activating group) is 1. The van der Waals surface area contributed by atoms with Crippen LogP contribution in [0.3, 0.4) is 0 Å². The van der Waals surface area contributed by atoms with Crippen LogP contribution in [0.15, 0.2) is 42.6 Å². The molecular formula is C20H20ClN5OS. The van der Waals surface area contributed by atoms with Gasteiger partial charge in [0.2, 0.25) is 0 Å². The molecule has 6 nitrogen and oxygen atoms in total. The Morgan fingerprint density at radius 1 is 1.18 bits per heavy atom. The number of rotatable bonds is 5. The zero-order valence-corrected chi connectivity index (χ0v) is 17.5. The Kier molecular flexibility index (Phi) is 5.05. The van der Waals surface area contributed by atoms with E-state index in [-0.39, 0.29) is 5.91 Å². The molecule has 1 aromatic carbocycles. The summed E-state index contributed by atoms with van der Waals surface area (Å²) in [6.07, 6.45) is 1.87. The first-order valence-electron chi connectivity index (χ1n) is 8.90. The van der Waals surface area contributed by atoms with Crippen LogP contribution in [0.1, 0.15) is 16.2 Å². The molecule has 8 heteroatoms. The fourth-order valence-corrected chi connectivity index (χ4v) is 4.35. The van der Waals surface area contributed by atoms with Gasteiger partial charge in [0.15, 0.2) is 5.13 Å². The number of halogens is 1. The first-order chi connectivity index (χ1) is 13.4. The number of carbonyl (C=O) groups is 1. The molecule has 1 amide bonds. The van der Waals surface area contributed by atoms with Gasteiger partial charge in [-0.2, -0.15) is 0 Å². The average molecular weight is 414 g/mol. The average Bonchev–Trinajstić information content (AvgIpc) is 3.20. The molecule has 0 unspecified atom stereocenters. The lowest BCUT2D eigenvalue weighted by Gasteiger charge is -2.22. The topological polar surface area (TPSA) is 53.7 Å². The second-order valence-corrected chi connectivity index (χ2v) is 8.29. The van der Waals surface area contributed by atoms with E-state index in [2.05, 4.69) is 9.97 Å². The van der Waals surface area contributed by atoms with Crippen molar-refractivity contribution in [1.82, 2.24) is 19.3 Å². The van der Waals surface area contributed by atoms with E-state index in [9.17, 15) is 4.79 Å². The normalized spacial score (nSPS) is 11.6. The van der Waals surface area contributed by atoms with Crippen molar-refractivity contribution in [2.24, 2.45) is 0 Å². The second-order valence-electron chi connectivity index (χ2n) is 6.84. The standard InChI is InChI=1S/C20H20ClN5OS/c1-13-18(25-9-5-4-6-17(25)22-13)19(27)26(11-10-24(2)3)20-23-15-8-7-14(21)12-16(15)28-20/h4-9,12H,10-11H2,1-3H3. The summed E-state index contributed by atoms with van der Waals surface area (Å²) in [6.45, 7) is 3.11. The zero-order chi connectivity index (χ0) is 19.8. The van der Waals surface area contributed by atoms with Crippen molar-refractivity contribution in [1.29, 1.82) is 0 Å². The Hall–Kier alpha value is -2.48. The van der Waals surface area contributed by atoms with Gasteiger partial charge in [-0.15, -0.1) is 0 Å². The van der Waals surface area contributed by atoms with Crippen molar-refractivity contribution < 1.29 is 4.79 Å². The summed E-state index contributed by atoms with van der Waals surface area (Å²) in [4.78, 5) is 26.6. The van der Waals surface area contributed by atoms with E-state index in [1.54, 1.807) is 4.90 Å². The smallest absolute Gasteiger partial charge is 0.279 e. The maximum atomic E-state index is 13.6. The third kappa shape index (κ3) is 3.48. The Balaban J connectivity index is 1.80. The van der Waals surface area contributed by atoms with Crippen molar-refractivity contribution in [3.63, 3.8) is 0 Å². The number of imidazole rings is 1. The fourth-order valence-electron chi connectivity index (χ4n) is 3.08. The monoisotopic (exact) mass is 413 g/mol. The maximum absolute atomic E-state index is 13.6. The zero-order valence-electron chi connectivity index (χ0n) is 15.9. The predicted molar refractivity (Wildman–Crippen MR) is 115 cm³/mol. The summed E-state index contributed by atoms with van der Waals surface area (Å²) >= 11 is 7.59. The van der Waals surface area contributed by atoms with E-state index in [4.69, 9.17) is 11.6 Å². The highest BCUT2D eigenvalue weighted by molar-refractivity contribution is 7.22. The molecule has 3 aromatic heterocycles. The van der Waals surface area contributed by atoms with E-state index in [1.807, 2.05) is 72.9 Å². The summed E-state index contributed by atoms with van der Waals surface area (Å²) in [5.41, 5.74) is 2.86. The summed E-state index contributed by atoms with van der Waals surface area (Å²) in [5.74, 6) is -0.108. The number of hydrogen-bond donors (Lipinski definition) is 0. The van der Waals surface area contributed by atoms with Crippen LogP contribution in [0.25, 0.3) is 15.9 Å². The van der Waals surface area contributed by atoms with Gasteiger partial charge in [-0.25, -0.2) is 9.97 Å². The first-order valence-corrected chi connectivity index (χ1v) is 10.1. The van der Waals surface area contributed by atoms with E-state index in [1.165, 1.54) is 11.3 Å². The van der Waals surface area contributed by atoms with Crippen molar-refractivity contribution in [3.8, 4) is 0 Å². The van der Waals surface area contributed by atoms with Gasteiger partial charge in [-0.3, -0.25) is 14.1 Å². The third-order valence-corrected chi connectivity index (χ3v) is 5.77. The SMILES string of the molecule is Cc1nc2ccccn2c1C(=O)N(CCN(C)C)c1nc2ccc(Cl)cc2s1. The summed E-state index contributed by atoms with van der Waals surface area (Å²) in [7, 11) is 3.97. The fraction of sp³-hybridized carbons (Fsp3) is 0.250.